The molecule has 2 N–H and O–H groups in total. The van der Waals surface area contributed by atoms with Gasteiger partial charge in [-0.25, -0.2) is 0 Å². The van der Waals surface area contributed by atoms with E-state index in [0.29, 0.717) is 23.9 Å². The molecule has 0 aromatic heterocycles. The molecule has 5 heteroatoms. The lowest BCUT2D eigenvalue weighted by Gasteiger charge is -2.56. The van der Waals surface area contributed by atoms with E-state index in [2.05, 4.69) is 19.9 Å². The highest BCUT2D eigenvalue weighted by Crippen LogP contribution is 2.64. The number of allylic oxidation sites excluding steroid dienone is 1. The maximum Gasteiger partial charge on any atom is 0.300 e. The van der Waals surface area contributed by atoms with Crippen LogP contribution in [0.25, 0.3) is 0 Å². The minimum absolute atomic E-state index is 0.0824. The highest BCUT2D eigenvalue weighted by Gasteiger charge is 2.59. The Kier molecular flexibility index (Phi) is 6.35. The molecule has 0 amide bonds. The van der Waals surface area contributed by atoms with Crippen LogP contribution < -0.4 is 0 Å². The predicted octanol–water partition coefficient (Wildman–Crippen LogP) is 3.99. The average molecular weight is 393 g/mol. The highest BCUT2D eigenvalue weighted by atomic mass is 16.5. The van der Waals surface area contributed by atoms with Gasteiger partial charge in [-0.05, 0) is 81.5 Å². The standard InChI is InChI=1S/C21H32O3.C2H4O2/c1-3-24-15-8-11-21(13-22)14(12-15)4-5-16-17-6-7-19(23)20(17,2)10-9-18(16)21;1-2(3)4/h4,13,15-19,23H,3,5-12H2,1-2H3;1H3,(H,3,4)/t15-,16-,17-,18-,19-,20-,21+;/m0./s1. The first-order valence-electron chi connectivity index (χ1n) is 10.9. The van der Waals surface area contributed by atoms with Gasteiger partial charge in [-0.3, -0.25) is 4.79 Å². The molecule has 4 aliphatic carbocycles. The van der Waals surface area contributed by atoms with Crippen LogP contribution in [-0.2, 0) is 14.3 Å². The summed E-state index contributed by atoms with van der Waals surface area (Å²) in [7, 11) is 0. The zero-order chi connectivity index (χ0) is 20.5. The molecule has 0 aromatic rings. The van der Waals surface area contributed by atoms with E-state index in [9.17, 15) is 9.90 Å². The molecule has 158 valence electrons. The molecule has 5 nitrogen and oxygen atoms in total. The topological polar surface area (TPSA) is 83.8 Å². The van der Waals surface area contributed by atoms with Crippen molar-refractivity contribution < 1.29 is 24.5 Å². The number of carboxylic acids is 1. The Hall–Kier alpha value is -1.20. The molecule has 0 spiro atoms. The second-order valence-electron chi connectivity index (χ2n) is 9.48. The van der Waals surface area contributed by atoms with E-state index in [0.717, 1.165) is 64.9 Å². The number of carbonyl (C=O) groups is 2. The predicted molar refractivity (Wildman–Crippen MR) is 107 cm³/mol. The Morgan fingerprint density at radius 1 is 1.25 bits per heavy atom. The number of aliphatic hydroxyl groups is 1. The Morgan fingerprint density at radius 3 is 2.61 bits per heavy atom. The summed E-state index contributed by atoms with van der Waals surface area (Å²) < 4.78 is 5.87. The van der Waals surface area contributed by atoms with Gasteiger partial charge in [-0.15, -0.1) is 0 Å². The van der Waals surface area contributed by atoms with Gasteiger partial charge in [-0.1, -0.05) is 18.6 Å². The van der Waals surface area contributed by atoms with Crippen LogP contribution in [0, 0.1) is 28.6 Å². The zero-order valence-corrected chi connectivity index (χ0v) is 17.5. The molecule has 0 unspecified atom stereocenters. The molecular weight excluding hydrogens is 356 g/mol. The van der Waals surface area contributed by atoms with Crippen LogP contribution in [-0.4, -0.2) is 41.3 Å². The molecule has 28 heavy (non-hydrogen) atoms. The summed E-state index contributed by atoms with van der Waals surface area (Å²) in [4.78, 5) is 21.3. The number of carbonyl (C=O) groups excluding carboxylic acids is 1. The fourth-order valence-electron chi connectivity index (χ4n) is 6.90. The van der Waals surface area contributed by atoms with E-state index >= 15 is 0 Å². The van der Waals surface area contributed by atoms with E-state index in [-0.39, 0.29) is 16.9 Å². The number of aliphatic carboxylic acids is 1. The molecule has 4 rings (SSSR count). The van der Waals surface area contributed by atoms with Gasteiger partial charge in [0.1, 0.15) is 6.29 Å². The normalized spacial score (nSPS) is 44.1. The van der Waals surface area contributed by atoms with Crippen LogP contribution in [0.1, 0.15) is 72.1 Å². The Labute approximate surface area is 168 Å². The second-order valence-corrected chi connectivity index (χ2v) is 9.48. The smallest absolute Gasteiger partial charge is 0.300 e. The first kappa shape index (κ1) is 21.5. The number of aldehydes is 1. The van der Waals surface area contributed by atoms with Gasteiger partial charge in [-0.2, -0.15) is 0 Å². The lowest BCUT2D eigenvalue weighted by Crippen LogP contribution is -2.52. The van der Waals surface area contributed by atoms with Gasteiger partial charge in [0.15, 0.2) is 0 Å². The second kappa shape index (κ2) is 8.27. The van der Waals surface area contributed by atoms with E-state index in [4.69, 9.17) is 14.6 Å². The van der Waals surface area contributed by atoms with Crippen LogP contribution in [0.2, 0.25) is 0 Å². The molecule has 0 bridgehead atoms. The fraction of sp³-hybridized carbons (Fsp3) is 0.826. The van der Waals surface area contributed by atoms with Gasteiger partial charge in [0.2, 0.25) is 0 Å². The molecule has 3 saturated carbocycles. The Morgan fingerprint density at radius 2 is 1.96 bits per heavy atom. The number of aliphatic hydroxyl groups excluding tert-OH is 1. The van der Waals surface area contributed by atoms with Crippen LogP contribution >= 0.6 is 0 Å². The van der Waals surface area contributed by atoms with Crippen molar-refractivity contribution in [1.82, 2.24) is 0 Å². The molecule has 0 aliphatic heterocycles. The van der Waals surface area contributed by atoms with Crippen molar-refractivity contribution in [3.63, 3.8) is 0 Å². The summed E-state index contributed by atoms with van der Waals surface area (Å²) in [5.74, 6) is 0.824. The van der Waals surface area contributed by atoms with E-state index in [1.165, 1.54) is 11.9 Å². The first-order valence-corrected chi connectivity index (χ1v) is 10.9. The number of rotatable bonds is 3. The minimum atomic E-state index is -0.833. The molecule has 7 atom stereocenters. The van der Waals surface area contributed by atoms with Crippen molar-refractivity contribution in [2.75, 3.05) is 6.61 Å². The average Bonchev–Trinajstić information content (AvgIpc) is 2.96. The van der Waals surface area contributed by atoms with Gasteiger partial charge in [0, 0.05) is 13.5 Å². The van der Waals surface area contributed by atoms with Crippen molar-refractivity contribution in [3.05, 3.63) is 11.6 Å². The van der Waals surface area contributed by atoms with Gasteiger partial charge >= 0.3 is 0 Å². The quantitative estimate of drug-likeness (QED) is 0.560. The molecule has 0 radical (unpaired) electrons. The van der Waals surface area contributed by atoms with E-state index in [1.54, 1.807) is 0 Å². The third-order valence-corrected chi connectivity index (χ3v) is 8.22. The van der Waals surface area contributed by atoms with Crippen molar-refractivity contribution in [3.8, 4) is 0 Å². The van der Waals surface area contributed by atoms with Crippen LogP contribution in [0.4, 0.5) is 0 Å². The number of hydrogen-bond acceptors (Lipinski definition) is 4. The number of ether oxygens (including phenoxy) is 1. The molecule has 0 saturated heterocycles. The number of fused-ring (bicyclic) bond motifs is 5. The summed E-state index contributed by atoms with van der Waals surface area (Å²) in [5, 5.41) is 17.9. The number of hydrogen-bond donors (Lipinski definition) is 2. The third kappa shape index (κ3) is 3.56. The van der Waals surface area contributed by atoms with Crippen molar-refractivity contribution >= 4 is 12.3 Å². The van der Waals surface area contributed by atoms with Crippen LogP contribution in [0.3, 0.4) is 0 Å². The lowest BCUT2D eigenvalue weighted by molar-refractivity contribution is -0.134. The summed E-state index contributed by atoms with van der Waals surface area (Å²) in [5.41, 5.74) is 1.22. The maximum atomic E-state index is 12.3. The SMILES string of the molecule is CC(=O)O.CCO[C@H]1CC[C@@]2(C=O)C(=CC[C@H]3[C@@H]4CC[C@H](O)[C@@]4(C)CC[C@@H]32)C1. The lowest BCUT2D eigenvalue weighted by atomic mass is 9.48. The summed E-state index contributed by atoms with van der Waals surface area (Å²) in [6.45, 7) is 6.20. The Bertz CT molecular complexity index is 624. The van der Waals surface area contributed by atoms with Crippen molar-refractivity contribution in [2.24, 2.45) is 28.6 Å². The largest absolute Gasteiger partial charge is 0.481 e. The van der Waals surface area contributed by atoms with Gasteiger partial charge in [0.05, 0.1) is 17.6 Å². The highest BCUT2D eigenvalue weighted by molar-refractivity contribution is 5.67. The Balaban J connectivity index is 0.000000516. The molecule has 0 aromatic carbocycles. The van der Waals surface area contributed by atoms with Gasteiger partial charge < -0.3 is 19.7 Å². The summed E-state index contributed by atoms with van der Waals surface area (Å²) >= 11 is 0. The van der Waals surface area contributed by atoms with Crippen LogP contribution in [0.5, 0.6) is 0 Å². The molecule has 3 fully saturated rings. The molecular formula is C23H36O5. The first-order chi connectivity index (χ1) is 13.3. The zero-order valence-electron chi connectivity index (χ0n) is 17.5. The van der Waals surface area contributed by atoms with Crippen molar-refractivity contribution in [1.29, 1.82) is 0 Å². The fourth-order valence-corrected chi connectivity index (χ4v) is 6.90. The third-order valence-electron chi connectivity index (χ3n) is 8.22. The van der Waals surface area contributed by atoms with E-state index in [1.807, 2.05) is 0 Å². The van der Waals surface area contributed by atoms with Crippen molar-refractivity contribution in [2.45, 2.75) is 84.3 Å². The molecule has 4 aliphatic rings. The van der Waals surface area contributed by atoms with Gasteiger partial charge in [0.25, 0.3) is 5.97 Å². The monoisotopic (exact) mass is 392 g/mol. The molecule has 0 heterocycles. The van der Waals surface area contributed by atoms with Crippen LogP contribution in [0.15, 0.2) is 11.6 Å². The number of carboxylic acid groups (broad SMARTS) is 1. The minimum Gasteiger partial charge on any atom is -0.481 e. The summed E-state index contributed by atoms with van der Waals surface area (Å²) in [6.07, 6.45) is 12.1. The van der Waals surface area contributed by atoms with E-state index < -0.39 is 5.97 Å². The maximum absolute atomic E-state index is 12.3. The summed E-state index contributed by atoms with van der Waals surface area (Å²) in [6, 6.07) is 0.